The molecule has 3 aromatic carbocycles. The lowest BCUT2D eigenvalue weighted by Gasteiger charge is -2.51. The van der Waals surface area contributed by atoms with Gasteiger partial charge in [0.15, 0.2) is 0 Å². The molecule has 5 rings (SSSR count). The third kappa shape index (κ3) is 2.74. The Morgan fingerprint density at radius 3 is 1.81 bits per heavy atom. The summed E-state index contributed by atoms with van der Waals surface area (Å²) in [5.41, 5.74) is 2.78. The lowest BCUT2D eigenvalue weighted by molar-refractivity contribution is -0.153. The Morgan fingerprint density at radius 1 is 0.774 bits per heavy atom. The summed E-state index contributed by atoms with van der Waals surface area (Å²) in [6, 6.07) is 23.0. The molecule has 1 atom stereocenters. The number of hydrogen-bond acceptors (Lipinski definition) is 3. The highest BCUT2D eigenvalue weighted by Gasteiger charge is 2.72. The van der Waals surface area contributed by atoms with Gasteiger partial charge in [-0.3, -0.25) is 9.80 Å². The minimum Gasteiger partial charge on any atom is -0.376 e. The van der Waals surface area contributed by atoms with E-state index >= 15 is 0 Å². The molecule has 0 aliphatic carbocycles. The molecule has 0 radical (unpaired) electrons. The van der Waals surface area contributed by atoms with E-state index in [1.165, 1.54) is 4.90 Å². The monoisotopic (exact) mass is 414 g/mol. The van der Waals surface area contributed by atoms with Crippen molar-refractivity contribution in [3.63, 3.8) is 0 Å². The fourth-order valence-corrected chi connectivity index (χ4v) is 4.71. The second kappa shape index (κ2) is 6.94. The van der Waals surface area contributed by atoms with E-state index in [2.05, 4.69) is 0 Å². The van der Waals surface area contributed by atoms with Gasteiger partial charge in [0.1, 0.15) is 5.54 Å². The molecule has 2 fully saturated rings. The second-order valence-corrected chi connectivity index (χ2v) is 8.69. The van der Waals surface area contributed by atoms with Gasteiger partial charge in [0.2, 0.25) is 5.72 Å². The maximum absolute atomic E-state index is 14.0. The first-order valence-electron chi connectivity index (χ1n) is 10.5. The van der Waals surface area contributed by atoms with E-state index in [-0.39, 0.29) is 19.2 Å². The van der Waals surface area contributed by atoms with Gasteiger partial charge in [0, 0.05) is 16.9 Å². The molecule has 0 aromatic heterocycles. The Hall–Kier alpha value is -3.15. The van der Waals surface area contributed by atoms with Crippen LogP contribution < -0.4 is 9.80 Å². The summed E-state index contributed by atoms with van der Waals surface area (Å²) in [5, 5.41) is 12.5. The highest BCUT2D eigenvalue weighted by atomic mass is 16.5. The van der Waals surface area contributed by atoms with E-state index in [0.29, 0.717) is 11.3 Å². The lowest BCUT2D eigenvalue weighted by Crippen LogP contribution is -2.70. The molecule has 1 N–H and O–H groups in total. The van der Waals surface area contributed by atoms with Gasteiger partial charge in [0.05, 0.1) is 13.2 Å². The van der Waals surface area contributed by atoms with Gasteiger partial charge in [0.25, 0.3) is 0 Å². The first-order valence-corrected chi connectivity index (χ1v) is 10.5. The number of amides is 2. The molecule has 1 unspecified atom stereocenters. The summed E-state index contributed by atoms with van der Waals surface area (Å²) in [6.07, 6.45) is 0. The Labute approximate surface area is 182 Å². The van der Waals surface area contributed by atoms with Crippen LogP contribution in [0.15, 0.2) is 72.8 Å². The highest BCUT2D eigenvalue weighted by Crippen LogP contribution is 2.53. The van der Waals surface area contributed by atoms with Crippen molar-refractivity contribution in [1.29, 1.82) is 0 Å². The van der Waals surface area contributed by atoms with Gasteiger partial charge in [-0.2, -0.15) is 0 Å². The van der Waals surface area contributed by atoms with Crippen LogP contribution in [0.25, 0.3) is 0 Å². The van der Waals surface area contributed by atoms with Crippen LogP contribution in [0, 0.1) is 20.8 Å². The smallest absolute Gasteiger partial charge is 0.332 e. The summed E-state index contributed by atoms with van der Waals surface area (Å²) in [6.45, 7) is 6.50. The van der Waals surface area contributed by atoms with Crippen LogP contribution in [0.4, 0.5) is 16.2 Å². The number of aliphatic hydroxyl groups is 1. The van der Waals surface area contributed by atoms with Crippen LogP contribution >= 0.6 is 0 Å². The van der Waals surface area contributed by atoms with Gasteiger partial charge in [-0.15, -0.1) is 0 Å². The van der Waals surface area contributed by atoms with Crippen molar-refractivity contribution in [2.24, 2.45) is 0 Å². The van der Waals surface area contributed by atoms with Crippen LogP contribution in [0.1, 0.15) is 22.3 Å². The van der Waals surface area contributed by atoms with Crippen LogP contribution in [0.2, 0.25) is 0 Å². The van der Waals surface area contributed by atoms with Crippen LogP contribution in [-0.4, -0.2) is 29.9 Å². The lowest BCUT2D eigenvalue weighted by atomic mass is 9.78. The largest absolute Gasteiger partial charge is 0.376 e. The number of carbonyl (C=O) groups excluding carboxylic acids is 1. The van der Waals surface area contributed by atoms with E-state index in [1.807, 2.05) is 93.6 Å². The van der Waals surface area contributed by atoms with Crippen molar-refractivity contribution in [3.8, 4) is 0 Å². The van der Waals surface area contributed by atoms with Gasteiger partial charge in [-0.05, 0) is 45.0 Å². The third-order valence-corrected chi connectivity index (χ3v) is 6.47. The van der Waals surface area contributed by atoms with E-state index in [0.717, 1.165) is 22.4 Å². The average molecular weight is 415 g/mol. The fraction of sp³-hybridized carbons (Fsp3) is 0.269. The first kappa shape index (κ1) is 19.8. The number of hydrogen-bond donors (Lipinski definition) is 1. The standard InChI is InChI=1S/C26H26N2O3/c1-18-7-11-22(12-8-18)27-24(29)28(23-13-9-19(2)10-14-23)26(30,25(27)16-31-17-25)21-6-4-5-20(3)15-21/h4-15,30H,16-17H2,1-3H3. The maximum Gasteiger partial charge on any atom is 0.332 e. The minimum absolute atomic E-state index is 0.249. The number of anilines is 2. The van der Waals surface area contributed by atoms with E-state index in [9.17, 15) is 9.90 Å². The molecule has 2 aliphatic heterocycles. The van der Waals surface area contributed by atoms with E-state index in [4.69, 9.17) is 4.74 Å². The van der Waals surface area contributed by atoms with Crippen molar-refractivity contribution < 1.29 is 14.6 Å². The Balaban J connectivity index is 1.76. The molecule has 2 amide bonds. The molecule has 1 spiro atoms. The molecule has 0 bridgehead atoms. The molecule has 0 saturated carbocycles. The van der Waals surface area contributed by atoms with Crippen molar-refractivity contribution in [1.82, 2.24) is 0 Å². The van der Waals surface area contributed by atoms with Crippen LogP contribution in [0.5, 0.6) is 0 Å². The van der Waals surface area contributed by atoms with E-state index < -0.39 is 11.3 Å². The van der Waals surface area contributed by atoms with Gasteiger partial charge in [-0.1, -0.05) is 65.2 Å². The summed E-state index contributed by atoms with van der Waals surface area (Å²) in [5.74, 6) is 0. The fourth-order valence-electron chi connectivity index (χ4n) is 4.71. The van der Waals surface area contributed by atoms with Crippen LogP contribution in [-0.2, 0) is 10.5 Å². The topological polar surface area (TPSA) is 53.0 Å². The van der Waals surface area contributed by atoms with Crippen molar-refractivity contribution in [3.05, 3.63) is 95.1 Å². The summed E-state index contributed by atoms with van der Waals surface area (Å²) >= 11 is 0. The predicted octanol–water partition coefficient (Wildman–Crippen LogP) is 4.67. The second-order valence-electron chi connectivity index (χ2n) is 8.69. The molecule has 5 nitrogen and oxygen atoms in total. The quantitative estimate of drug-likeness (QED) is 0.677. The number of benzene rings is 3. The number of urea groups is 1. The Bertz CT molecular complexity index is 1140. The molecule has 2 heterocycles. The molecular formula is C26H26N2O3. The molecule has 158 valence electrons. The predicted molar refractivity (Wildman–Crippen MR) is 121 cm³/mol. The minimum atomic E-state index is -1.59. The summed E-state index contributed by atoms with van der Waals surface area (Å²) < 4.78 is 5.65. The summed E-state index contributed by atoms with van der Waals surface area (Å²) in [4.78, 5) is 17.2. The third-order valence-electron chi connectivity index (χ3n) is 6.47. The van der Waals surface area contributed by atoms with Gasteiger partial charge >= 0.3 is 6.03 Å². The SMILES string of the molecule is Cc1ccc(N2C(=O)N(c3ccc(C)cc3)C(O)(c3cccc(C)c3)C23COC3)cc1. The van der Waals surface area contributed by atoms with Crippen molar-refractivity contribution in [2.45, 2.75) is 32.0 Å². The Morgan fingerprint density at radius 2 is 1.32 bits per heavy atom. The molecule has 5 heteroatoms. The van der Waals surface area contributed by atoms with Gasteiger partial charge in [-0.25, -0.2) is 4.79 Å². The normalized spacial score (nSPS) is 22.1. The van der Waals surface area contributed by atoms with Crippen molar-refractivity contribution in [2.75, 3.05) is 23.0 Å². The highest BCUT2D eigenvalue weighted by molar-refractivity contribution is 6.09. The number of ether oxygens (including phenoxy) is 1. The van der Waals surface area contributed by atoms with Crippen molar-refractivity contribution >= 4 is 17.4 Å². The number of nitrogens with zero attached hydrogens (tertiary/aromatic N) is 2. The Kier molecular flexibility index (Phi) is 4.43. The molecular weight excluding hydrogens is 388 g/mol. The van der Waals surface area contributed by atoms with Gasteiger partial charge < -0.3 is 9.84 Å². The molecule has 2 saturated heterocycles. The molecule has 31 heavy (non-hydrogen) atoms. The zero-order valence-corrected chi connectivity index (χ0v) is 18.0. The number of carbonyl (C=O) groups is 1. The maximum atomic E-state index is 14.0. The average Bonchev–Trinajstić information content (AvgIpc) is 2.94. The molecule has 3 aromatic rings. The zero-order chi connectivity index (χ0) is 21.8. The van der Waals surface area contributed by atoms with E-state index in [1.54, 1.807) is 4.90 Å². The number of rotatable bonds is 3. The molecule has 2 aliphatic rings. The first-order chi connectivity index (χ1) is 14.9. The number of aryl methyl sites for hydroxylation is 3. The van der Waals surface area contributed by atoms with Crippen LogP contribution in [0.3, 0.4) is 0 Å². The summed E-state index contributed by atoms with van der Waals surface area (Å²) in [7, 11) is 0. The zero-order valence-electron chi connectivity index (χ0n) is 18.0.